The summed E-state index contributed by atoms with van der Waals surface area (Å²) in [6.45, 7) is 0.535. The predicted molar refractivity (Wildman–Crippen MR) is 84.5 cm³/mol. The Labute approximate surface area is 136 Å². The zero-order valence-corrected chi connectivity index (χ0v) is 12.6. The van der Waals surface area contributed by atoms with Crippen molar-refractivity contribution < 1.29 is 13.8 Å². The van der Waals surface area contributed by atoms with Crippen LogP contribution in [0.1, 0.15) is 12.0 Å². The highest BCUT2D eigenvalue weighted by Gasteiger charge is 2.23. The predicted octanol–water partition coefficient (Wildman–Crippen LogP) is 2.60. The lowest BCUT2D eigenvalue weighted by Gasteiger charge is -2.08. The molecule has 3 aromatic rings. The molecule has 0 unspecified atom stereocenters. The molecule has 0 bridgehead atoms. The Morgan fingerprint density at radius 2 is 2.29 bits per heavy atom. The average Bonchev–Trinajstić information content (AvgIpc) is 3.34. The molecule has 4 rings (SSSR count). The zero-order chi connectivity index (χ0) is 16.4. The Kier molecular flexibility index (Phi) is 3.70. The second-order valence-corrected chi connectivity index (χ2v) is 5.35. The van der Waals surface area contributed by atoms with Crippen LogP contribution >= 0.6 is 0 Å². The first kappa shape index (κ1) is 14.4. The summed E-state index contributed by atoms with van der Waals surface area (Å²) in [5.41, 5.74) is 1.81. The molecular formula is C16H14FN5O2. The van der Waals surface area contributed by atoms with Crippen LogP contribution in [0.5, 0.6) is 0 Å². The third kappa shape index (κ3) is 2.85. The van der Waals surface area contributed by atoms with Gasteiger partial charge in [0.15, 0.2) is 5.82 Å². The van der Waals surface area contributed by atoms with Crippen molar-refractivity contribution in [3.8, 4) is 5.69 Å². The van der Waals surface area contributed by atoms with Gasteiger partial charge in [-0.1, -0.05) is 16.4 Å². The van der Waals surface area contributed by atoms with Crippen molar-refractivity contribution in [2.75, 3.05) is 11.9 Å². The summed E-state index contributed by atoms with van der Waals surface area (Å²) in [5.74, 6) is 0.282. The molecule has 24 heavy (non-hydrogen) atoms. The van der Waals surface area contributed by atoms with Gasteiger partial charge in [0, 0.05) is 30.4 Å². The molecule has 2 aromatic heterocycles. The van der Waals surface area contributed by atoms with Crippen molar-refractivity contribution in [1.82, 2.24) is 14.9 Å². The van der Waals surface area contributed by atoms with Crippen LogP contribution in [0.2, 0.25) is 0 Å². The molecule has 1 aliphatic heterocycles. The van der Waals surface area contributed by atoms with Crippen LogP contribution in [0.4, 0.5) is 10.2 Å². The Bertz CT molecular complexity index is 845. The van der Waals surface area contributed by atoms with Gasteiger partial charge in [0.2, 0.25) is 0 Å². The van der Waals surface area contributed by atoms with Crippen molar-refractivity contribution in [3.05, 3.63) is 60.4 Å². The maximum Gasteiger partial charge on any atom is 0.169 e. The van der Waals surface area contributed by atoms with E-state index >= 15 is 0 Å². The van der Waals surface area contributed by atoms with E-state index in [2.05, 4.69) is 20.7 Å². The van der Waals surface area contributed by atoms with Crippen LogP contribution in [0.3, 0.4) is 0 Å². The van der Waals surface area contributed by atoms with E-state index in [-0.39, 0.29) is 11.9 Å². The summed E-state index contributed by atoms with van der Waals surface area (Å²) >= 11 is 0. The van der Waals surface area contributed by atoms with Crippen LogP contribution in [-0.4, -0.2) is 33.3 Å². The number of oxime groups is 1. The maximum absolute atomic E-state index is 14.3. The summed E-state index contributed by atoms with van der Waals surface area (Å²) in [7, 11) is 0. The molecule has 7 nitrogen and oxygen atoms in total. The molecule has 8 heteroatoms. The first-order valence-electron chi connectivity index (χ1n) is 7.46. The van der Waals surface area contributed by atoms with Gasteiger partial charge in [0.05, 0.1) is 12.3 Å². The largest absolute Gasteiger partial charge is 0.390 e. The lowest BCUT2D eigenvalue weighted by atomic mass is 10.0. The van der Waals surface area contributed by atoms with E-state index in [4.69, 9.17) is 9.36 Å². The van der Waals surface area contributed by atoms with Crippen molar-refractivity contribution in [1.29, 1.82) is 0 Å². The smallest absolute Gasteiger partial charge is 0.169 e. The Morgan fingerprint density at radius 3 is 3.04 bits per heavy atom. The van der Waals surface area contributed by atoms with E-state index in [1.165, 1.54) is 17.0 Å². The fraction of sp³-hybridized carbons (Fsp3) is 0.188. The molecular weight excluding hydrogens is 313 g/mol. The third-order valence-corrected chi connectivity index (χ3v) is 3.71. The minimum Gasteiger partial charge on any atom is -0.390 e. The molecule has 122 valence electrons. The second kappa shape index (κ2) is 6.15. The van der Waals surface area contributed by atoms with Gasteiger partial charge in [-0.25, -0.2) is 9.07 Å². The topological polar surface area (TPSA) is 77.5 Å². The number of halogens is 1. The van der Waals surface area contributed by atoms with Gasteiger partial charge in [-0.05, 0) is 18.2 Å². The highest BCUT2D eigenvalue weighted by molar-refractivity contribution is 6.01. The van der Waals surface area contributed by atoms with E-state index in [1.54, 1.807) is 30.6 Å². The molecule has 1 N–H and O–H groups in total. The Hall–Kier alpha value is -3.16. The highest BCUT2D eigenvalue weighted by Crippen LogP contribution is 2.21. The van der Waals surface area contributed by atoms with Crippen molar-refractivity contribution >= 4 is 11.5 Å². The van der Waals surface area contributed by atoms with E-state index in [9.17, 15) is 4.39 Å². The van der Waals surface area contributed by atoms with Crippen LogP contribution in [0.25, 0.3) is 5.69 Å². The van der Waals surface area contributed by atoms with E-state index in [0.717, 1.165) is 0 Å². The molecule has 0 amide bonds. The molecule has 0 spiro atoms. The van der Waals surface area contributed by atoms with E-state index in [1.807, 2.05) is 6.07 Å². The molecule has 1 aliphatic rings. The number of nitrogens with zero attached hydrogens (tertiary/aromatic N) is 4. The minimum absolute atomic E-state index is 0.134. The van der Waals surface area contributed by atoms with Crippen LogP contribution < -0.4 is 5.32 Å². The van der Waals surface area contributed by atoms with Crippen molar-refractivity contribution in [3.63, 3.8) is 0 Å². The molecule has 0 saturated carbocycles. The quantitative estimate of drug-likeness (QED) is 0.779. The van der Waals surface area contributed by atoms with Crippen LogP contribution in [0.15, 0.2) is 58.7 Å². The summed E-state index contributed by atoms with van der Waals surface area (Å²) in [5, 5.41) is 15.0. The number of benzene rings is 1. The maximum atomic E-state index is 14.3. The molecule has 0 fully saturated rings. The molecule has 0 aliphatic carbocycles. The van der Waals surface area contributed by atoms with Gasteiger partial charge in [-0.2, -0.15) is 5.10 Å². The second-order valence-electron chi connectivity index (χ2n) is 5.35. The Balaban J connectivity index is 1.42. The van der Waals surface area contributed by atoms with Gasteiger partial charge in [-0.3, -0.25) is 0 Å². The SMILES string of the molecule is Fc1cc(C2=NO[C@H](CNc3ccon3)C2)ccc1-n1cccn1. The van der Waals surface area contributed by atoms with Gasteiger partial charge in [0.25, 0.3) is 0 Å². The minimum atomic E-state index is -0.358. The number of aromatic nitrogens is 3. The lowest BCUT2D eigenvalue weighted by molar-refractivity contribution is 0.0948. The number of anilines is 1. The number of rotatable bonds is 5. The fourth-order valence-electron chi connectivity index (χ4n) is 2.51. The summed E-state index contributed by atoms with van der Waals surface area (Å²) in [6, 6.07) is 8.42. The lowest BCUT2D eigenvalue weighted by Crippen LogP contribution is -2.20. The summed E-state index contributed by atoms with van der Waals surface area (Å²) < 4.78 is 20.5. The van der Waals surface area contributed by atoms with E-state index in [0.29, 0.717) is 35.7 Å². The standard InChI is InChI=1S/C16H14FN5O2/c17-13-8-11(2-3-15(13)22-6-1-5-19-22)14-9-12(24-20-14)10-18-16-4-7-23-21-16/h1-8,12H,9-10H2,(H,18,21)/t12-/m0/s1. The van der Waals surface area contributed by atoms with Crippen LogP contribution in [-0.2, 0) is 4.84 Å². The normalized spacial score (nSPS) is 16.7. The monoisotopic (exact) mass is 327 g/mol. The van der Waals surface area contributed by atoms with Gasteiger partial charge < -0.3 is 14.7 Å². The average molecular weight is 327 g/mol. The van der Waals surface area contributed by atoms with Gasteiger partial charge in [0.1, 0.15) is 23.9 Å². The zero-order valence-electron chi connectivity index (χ0n) is 12.6. The van der Waals surface area contributed by atoms with Crippen molar-refractivity contribution in [2.45, 2.75) is 12.5 Å². The van der Waals surface area contributed by atoms with Gasteiger partial charge in [-0.15, -0.1) is 0 Å². The third-order valence-electron chi connectivity index (χ3n) is 3.71. The number of hydrogen-bond donors (Lipinski definition) is 1. The first-order valence-corrected chi connectivity index (χ1v) is 7.46. The fourth-order valence-corrected chi connectivity index (χ4v) is 2.51. The van der Waals surface area contributed by atoms with Crippen LogP contribution in [0, 0.1) is 5.82 Å². The summed E-state index contributed by atoms with van der Waals surface area (Å²) in [6.07, 6.45) is 5.24. The first-order chi connectivity index (χ1) is 11.8. The highest BCUT2D eigenvalue weighted by atomic mass is 19.1. The van der Waals surface area contributed by atoms with Gasteiger partial charge >= 0.3 is 0 Å². The molecule has 1 atom stereocenters. The summed E-state index contributed by atoms with van der Waals surface area (Å²) in [4.78, 5) is 5.39. The van der Waals surface area contributed by atoms with E-state index < -0.39 is 0 Å². The molecule has 0 radical (unpaired) electrons. The molecule has 0 saturated heterocycles. The number of hydrogen-bond acceptors (Lipinski definition) is 6. The van der Waals surface area contributed by atoms with Crippen molar-refractivity contribution in [2.24, 2.45) is 5.16 Å². The number of nitrogens with one attached hydrogen (secondary N) is 1. The Morgan fingerprint density at radius 1 is 1.33 bits per heavy atom. The molecule has 3 heterocycles. The molecule has 1 aromatic carbocycles.